The summed E-state index contributed by atoms with van der Waals surface area (Å²) in [5.41, 5.74) is 1.01. The number of benzene rings is 2. The summed E-state index contributed by atoms with van der Waals surface area (Å²) in [5.74, 6) is -0.356. The molecule has 0 saturated carbocycles. The number of carbonyl (C=O) groups is 1. The Morgan fingerprint density at radius 3 is 2.61 bits per heavy atom. The Hall–Kier alpha value is -2.40. The lowest BCUT2D eigenvalue weighted by Gasteiger charge is -2.14. The largest absolute Gasteiger partial charge is 0.494 e. The zero-order valence-corrected chi connectivity index (χ0v) is 13.6. The predicted octanol–water partition coefficient (Wildman–Crippen LogP) is 4.54. The van der Waals surface area contributed by atoms with Crippen LogP contribution in [0.15, 0.2) is 48.5 Å². The van der Waals surface area contributed by atoms with E-state index in [0.717, 1.165) is 5.56 Å². The number of ether oxygens (including phenoxy) is 1. The fraction of sp³-hybridized carbons (Fsp3) is 0.167. The molecule has 1 unspecified atom stereocenters. The monoisotopic (exact) mass is 329 g/mol. The molecular formula is C18H16FNO2S. The first-order valence-corrected chi connectivity index (χ1v) is 8.04. The molecule has 0 bridgehead atoms. The van der Waals surface area contributed by atoms with Gasteiger partial charge in [-0.05, 0) is 24.6 Å². The van der Waals surface area contributed by atoms with Crippen LogP contribution < -0.4 is 10.1 Å². The molecule has 0 aliphatic heterocycles. The van der Waals surface area contributed by atoms with Crippen molar-refractivity contribution in [2.75, 3.05) is 7.11 Å². The topological polar surface area (TPSA) is 38.3 Å². The summed E-state index contributed by atoms with van der Waals surface area (Å²) in [7, 11) is 1.45. The van der Waals surface area contributed by atoms with E-state index in [1.165, 1.54) is 24.5 Å². The molecule has 0 fully saturated rings. The number of carbonyl (C=O) groups excluding carboxylic acids is 1. The molecule has 0 aliphatic rings. The van der Waals surface area contributed by atoms with E-state index in [2.05, 4.69) is 5.32 Å². The van der Waals surface area contributed by atoms with E-state index in [4.69, 9.17) is 4.74 Å². The minimum absolute atomic E-state index is 0.150. The van der Waals surface area contributed by atoms with Crippen LogP contribution in [-0.4, -0.2) is 13.0 Å². The summed E-state index contributed by atoms with van der Waals surface area (Å²) in [6.45, 7) is 1.91. The van der Waals surface area contributed by atoms with Gasteiger partial charge in [0.25, 0.3) is 5.91 Å². The van der Waals surface area contributed by atoms with Crippen molar-refractivity contribution < 1.29 is 13.9 Å². The molecule has 1 heterocycles. The first-order chi connectivity index (χ1) is 11.1. The van der Waals surface area contributed by atoms with Gasteiger partial charge in [-0.2, -0.15) is 0 Å². The molecule has 5 heteroatoms. The summed E-state index contributed by atoms with van der Waals surface area (Å²) >= 11 is 1.23. The average Bonchev–Trinajstić information content (AvgIpc) is 2.95. The highest BCUT2D eigenvalue weighted by atomic mass is 32.1. The molecule has 0 radical (unpaired) electrons. The Bertz CT molecular complexity index is 845. The molecule has 3 nitrogen and oxygen atoms in total. The molecule has 1 amide bonds. The molecule has 3 aromatic rings. The predicted molar refractivity (Wildman–Crippen MR) is 90.7 cm³/mol. The van der Waals surface area contributed by atoms with Gasteiger partial charge in [0.2, 0.25) is 0 Å². The third-order valence-corrected chi connectivity index (χ3v) is 4.81. The molecule has 1 N–H and O–H groups in total. The second kappa shape index (κ2) is 6.38. The SMILES string of the molecule is COc1c(C(=O)NC(C)c2ccccc2)sc2cccc(F)c12. The molecule has 0 spiro atoms. The van der Waals surface area contributed by atoms with Gasteiger partial charge in [-0.15, -0.1) is 11.3 Å². The van der Waals surface area contributed by atoms with Crippen molar-refractivity contribution in [1.29, 1.82) is 0 Å². The highest BCUT2D eigenvalue weighted by Crippen LogP contribution is 2.39. The lowest BCUT2D eigenvalue weighted by atomic mass is 10.1. The van der Waals surface area contributed by atoms with Crippen LogP contribution in [-0.2, 0) is 0 Å². The highest BCUT2D eigenvalue weighted by molar-refractivity contribution is 7.21. The van der Waals surface area contributed by atoms with Gasteiger partial charge in [-0.1, -0.05) is 36.4 Å². The van der Waals surface area contributed by atoms with Crippen molar-refractivity contribution in [3.8, 4) is 5.75 Å². The maximum Gasteiger partial charge on any atom is 0.265 e. The molecule has 1 aromatic heterocycles. The van der Waals surface area contributed by atoms with Gasteiger partial charge in [-0.25, -0.2) is 4.39 Å². The minimum atomic E-state index is -0.384. The molecule has 2 aromatic carbocycles. The summed E-state index contributed by atoms with van der Waals surface area (Å²) in [6.07, 6.45) is 0. The van der Waals surface area contributed by atoms with E-state index in [9.17, 15) is 9.18 Å². The number of hydrogen-bond donors (Lipinski definition) is 1. The number of amides is 1. The molecule has 3 rings (SSSR count). The third-order valence-electron chi connectivity index (χ3n) is 3.68. The molecule has 23 heavy (non-hydrogen) atoms. The molecule has 1 atom stereocenters. The highest BCUT2D eigenvalue weighted by Gasteiger charge is 2.22. The minimum Gasteiger partial charge on any atom is -0.494 e. The quantitative estimate of drug-likeness (QED) is 0.763. The molecular weight excluding hydrogens is 313 g/mol. The van der Waals surface area contributed by atoms with Gasteiger partial charge in [-0.3, -0.25) is 4.79 Å². The fourth-order valence-corrected chi connectivity index (χ4v) is 3.60. The number of methoxy groups -OCH3 is 1. The number of hydrogen-bond acceptors (Lipinski definition) is 3. The van der Waals surface area contributed by atoms with Crippen molar-refractivity contribution in [2.24, 2.45) is 0 Å². The van der Waals surface area contributed by atoms with Crippen LogP contribution in [0.25, 0.3) is 10.1 Å². The first-order valence-electron chi connectivity index (χ1n) is 7.22. The van der Waals surface area contributed by atoms with Crippen molar-refractivity contribution >= 4 is 27.3 Å². The first kappa shape index (κ1) is 15.5. The number of rotatable bonds is 4. The zero-order valence-electron chi connectivity index (χ0n) is 12.8. The Morgan fingerprint density at radius 1 is 1.17 bits per heavy atom. The average molecular weight is 329 g/mol. The smallest absolute Gasteiger partial charge is 0.265 e. The third kappa shape index (κ3) is 2.92. The van der Waals surface area contributed by atoms with E-state index < -0.39 is 0 Å². The van der Waals surface area contributed by atoms with Gasteiger partial charge in [0.1, 0.15) is 10.7 Å². The summed E-state index contributed by atoms with van der Waals surface area (Å²) in [4.78, 5) is 13.0. The van der Waals surface area contributed by atoms with Gasteiger partial charge >= 0.3 is 0 Å². The van der Waals surface area contributed by atoms with Crippen LogP contribution in [0.4, 0.5) is 4.39 Å². The van der Waals surface area contributed by atoms with Crippen molar-refractivity contribution in [3.63, 3.8) is 0 Å². The normalized spacial score (nSPS) is 12.1. The van der Waals surface area contributed by atoms with Gasteiger partial charge in [0.05, 0.1) is 18.5 Å². The Morgan fingerprint density at radius 2 is 1.91 bits per heavy atom. The van der Waals surface area contributed by atoms with Crippen LogP contribution in [0.2, 0.25) is 0 Å². The van der Waals surface area contributed by atoms with Crippen molar-refractivity contribution in [3.05, 3.63) is 64.8 Å². The van der Waals surface area contributed by atoms with Crippen molar-refractivity contribution in [2.45, 2.75) is 13.0 Å². The van der Waals surface area contributed by atoms with Gasteiger partial charge < -0.3 is 10.1 Å². The second-order valence-corrected chi connectivity index (χ2v) is 6.24. The fourth-order valence-electron chi connectivity index (χ4n) is 2.51. The lowest BCUT2D eigenvalue weighted by Crippen LogP contribution is -2.26. The summed E-state index contributed by atoms with van der Waals surface area (Å²) in [6, 6.07) is 14.3. The summed E-state index contributed by atoms with van der Waals surface area (Å²) < 4.78 is 20.0. The number of halogens is 1. The Balaban J connectivity index is 1.94. The standard InChI is InChI=1S/C18H16FNO2S/c1-11(12-7-4-3-5-8-12)20-18(21)17-16(22-2)15-13(19)9-6-10-14(15)23-17/h3-11H,1-2H3,(H,20,21). The van der Waals surface area contributed by atoms with E-state index >= 15 is 0 Å². The maximum atomic E-state index is 14.0. The molecule has 118 valence electrons. The zero-order chi connectivity index (χ0) is 16.4. The Kier molecular flexibility index (Phi) is 4.30. The molecule has 0 saturated heterocycles. The lowest BCUT2D eigenvalue weighted by molar-refractivity contribution is 0.0941. The van der Waals surface area contributed by atoms with E-state index in [-0.39, 0.29) is 17.8 Å². The van der Waals surface area contributed by atoms with Gasteiger partial charge in [0, 0.05) is 4.70 Å². The number of nitrogens with one attached hydrogen (secondary N) is 1. The van der Waals surface area contributed by atoms with Crippen molar-refractivity contribution in [1.82, 2.24) is 5.32 Å². The van der Waals surface area contributed by atoms with Crippen LogP contribution in [0, 0.1) is 5.82 Å². The van der Waals surface area contributed by atoms with Crippen LogP contribution in [0.1, 0.15) is 28.2 Å². The maximum absolute atomic E-state index is 14.0. The van der Waals surface area contributed by atoms with E-state index in [1.807, 2.05) is 37.3 Å². The van der Waals surface area contributed by atoms with Crippen LogP contribution in [0.3, 0.4) is 0 Å². The van der Waals surface area contributed by atoms with Crippen LogP contribution in [0.5, 0.6) is 5.75 Å². The van der Waals surface area contributed by atoms with Crippen LogP contribution >= 0.6 is 11.3 Å². The van der Waals surface area contributed by atoms with E-state index in [0.29, 0.717) is 20.7 Å². The van der Waals surface area contributed by atoms with Gasteiger partial charge in [0.15, 0.2) is 5.75 Å². The number of thiophene rings is 1. The second-order valence-electron chi connectivity index (χ2n) is 5.18. The number of fused-ring (bicyclic) bond motifs is 1. The molecule has 0 aliphatic carbocycles. The Labute approximate surface area is 137 Å². The van der Waals surface area contributed by atoms with E-state index in [1.54, 1.807) is 12.1 Å². The summed E-state index contributed by atoms with van der Waals surface area (Å²) in [5, 5.41) is 3.30.